The molecule has 0 radical (unpaired) electrons. The molecule has 1 aliphatic heterocycles. The molecule has 0 bridgehead atoms. The molecule has 0 unspecified atom stereocenters. The van der Waals surface area contributed by atoms with Gasteiger partial charge in [0.25, 0.3) is 5.91 Å². The zero-order valence-electron chi connectivity index (χ0n) is 11.4. The summed E-state index contributed by atoms with van der Waals surface area (Å²) in [6, 6.07) is 6.88. The molecule has 0 atom stereocenters. The smallest absolute Gasteiger partial charge is 0.251 e. The zero-order chi connectivity index (χ0) is 15.3. The van der Waals surface area contributed by atoms with Crippen molar-refractivity contribution in [3.05, 3.63) is 34.3 Å². The second-order valence-electron chi connectivity index (χ2n) is 4.59. The maximum Gasteiger partial charge on any atom is 0.251 e. The van der Waals surface area contributed by atoms with Gasteiger partial charge in [-0.25, -0.2) is 8.42 Å². The summed E-state index contributed by atoms with van der Waals surface area (Å²) in [5.41, 5.74) is 0.502. The highest BCUT2D eigenvalue weighted by Gasteiger charge is 2.23. The summed E-state index contributed by atoms with van der Waals surface area (Å²) >= 11 is 3.29. The van der Waals surface area contributed by atoms with E-state index in [4.69, 9.17) is 4.74 Å². The zero-order valence-corrected chi connectivity index (χ0v) is 13.8. The molecule has 0 spiro atoms. The summed E-state index contributed by atoms with van der Waals surface area (Å²) in [5, 5.41) is 2.62. The molecule has 0 saturated carbocycles. The standard InChI is InChI=1S/C13H17BrN2O4S/c14-12-3-1-11(2-4-12)13(17)15-5-10-21(18,19)16-6-8-20-9-7-16/h1-4H,5-10H2,(H,15,17). The van der Waals surface area contributed by atoms with Crippen molar-refractivity contribution < 1.29 is 17.9 Å². The van der Waals surface area contributed by atoms with Gasteiger partial charge in [0.05, 0.1) is 19.0 Å². The highest BCUT2D eigenvalue weighted by atomic mass is 79.9. The van der Waals surface area contributed by atoms with E-state index in [9.17, 15) is 13.2 Å². The topological polar surface area (TPSA) is 75.7 Å². The predicted molar refractivity (Wildman–Crippen MR) is 82.7 cm³/mol. The van der Waals surface area contributed by atoms with Crippen LogP contribution in [0.1, 0.15) is 10.4 Å². The summed E-state index contributed by atoms with van der Waals surface area (Å²) in [5.74, 6) is -0.380. The number of sulfonamides is 1. The molecule has 21 heavy (non-hydrogen) atoms. The Morgan fingerprint density at radius 2 is 1.86 bits per heavy atom. The molecule has 8 heteroatoms. The molecule has 0 aliphatic carbocycles. The van der Waals surface area contributed by atoms with Crippen LogP contribution >= 0.6 is 15.9 Å². The molecule has 1 saturated heterocycles. The first-order valence-electron chi connectivity index (χ1n) is 6.58. The Hall–Kier alpha value is -0.960. The lowest BCUT2D eigenvalue weighted by molar-refractivity contribution is 0.0730. The number of hydrogen-bond donors (Lipinski definition) is 1. The second kappa shape index (κ2) is 7.35. The summed E-state index contributed by atoms with van der Waals surface area (Å²) < 4.78 is 31.5. The second-order valence-corrected chi connectivity index (χ2v) is 7.59. The first kappa shape index (κ1) is 16.4. The molecule has 116 valence electrons. The molecule has 1 aliphatic rings. The minimum atomic E-state index is -3.34. The number of nitrogens with zero attached hydrogens (tertiary/aromatic N) is 1. The minimum Gasteiger partial charge on any atom is -0.379 e. The van der Waals surface area contributed by atoms with Crippen molar-refractivity contribution in [3.8, 4) is 0 Å². The average Bonchev–Trinajstić information content (AvgIpc) is 2.48. The Kier molecular flexibility index (Phi) is 5.74. The van der Waals surface area contributed by atoms with Crippen molar-refractivity contribution in [1.82, 2.24) is 9.62 Å². The molecule has 1 amide bonds. The summed E-state index contributed by atoms with van der Waals surface area (Å²) in [4.78, 5) is 11.9. The highest BCUT2D eigenvalue weighted by molar-refractivity contribution is 9.10. The van der Waals surface area contributed by atoms with Gasteiger partial charge in [-0.1, -0.05) is 15.9 Å². The Morgan fingerprint density at radius 1 is 1.24 bits per heavy atom. The first-order valence-corrected chi connectivity index (χ1v) is 8.98. The maximum absolute atomic E-state index is 12.1. The van der Waals surface area contributed by atoms with Crippen LogP contribution in [0.3, 0.4) is 0 Å². The normalized spacial score (nSPS) is 16.6. The van der Waals surface area contributed by atoms with Crippen molar-refractivity contribution in [2.45, 2.75) is 0 Å². The third kappa shape index (κ3) is 4.77. The summed E-state index contributed by atoms with van der Waals surface area (Å²) in [6.07, 6.45) is 0. The van der Waals surface area contributed by atoms with Crippen LogP contribution in [0.5, 0.6) is 0 Å². The molecule has 1 N–H and O–H groups in total. The van der Waals surface area contributed by atoms with Crippen LogP contribution in [-0.2, 0) is 14.8 Å². The van der Waals surface area contributed by atoms with Crippen molar-refractivity contribution in [1.29, 1.82) is 0 Å². The molecule has 6 nitrogen and oxygen atoms in total. The number of amides is 1. The van der Waals surface area contributed by atoms with E-state index in [1.165, 1.54) is 4.31 Å². The molecule has 1 aromatic carbocycles. The van der Waals surface area contributed by atoms with Gasteiger partial charge in [-0.2, -0.15) is 4.31 Å². The van der Waals surface area contributed by atoms with Gasteiger partial charge in [-0.3, -0.25) is 4.79 Å². The van der Waals surface area contributed by atoms with Crippen LogP contribution in [0, 0.1) is 0 Å². The summed E-state index contributed by atoms with van der Waals surface area (Å²) in [7, 11) is -3.34. The fourth-order valence-electron chi connectivity index (χ4n) is 1.95. The Labute approximate surface area is 132 Å². The van der Waals surface area contributed by atoms with Crippen LogP contribution < -0.4 is 5.32 Å². The van der Waals surface area contributed by atoms with Crippen molar-refractivity contribution in [3.63, 3.8) is 0 Å². The average molecular weight is 377 g/mol. The van der Waals surface area contributed by atoms with E-state index in [0.29, 0.717) is 31.9 Å². The number of benzene rings is 1. The van der Waals surface area contributed by atoms with Crippen LogP contribution in [0.4, 0.5) is 0 Å². The number of nitrogens with one attached hydrogen (secondary N) is 1. The Balaban J connectivity index is 1.83. The number of rotatable bonds is 5. The van der Waals surface area contributed by atoms with E-state index in [1.54, 1.807) is 24.3 Å². The van der Waals surface area contributed by atoms with Crippen LogP contribution in [0.25, 0.3) is 0 Å². The van der Waals surface area contributed by atoms with Crippen LogP contribution in [0.2, 0.25) is 0 Å². The van der Waals surface area contributed by atoms with Gasteiger partial charge in [0.1, 0.15) is 0 Å². The van der Waals surface area contributed by atoms with E-state index in [2.05, 4.69) is 21.2 Å². The van der Waals surface area contributed by atoms with Gasteiger partial charge in [0.15, 0.2) is 0 Å². The number of hydrogen-bond acceptors (Lipinski definition) is 4. The monoisotopic (exact) mass is 376 g/mol. The SMILES string of the molecule is O=C(NCCS(=O)(=O)N1CCOCC1)c1ccc(Br)cc1. The van der Waals surface area contributed by atoms with Crippen LogP contribution in [0.15, 0.2) is 28.7 Å². The van der Waals surface area contributed by atoms with Gasteiger partial charge in [0.2, 0.25) is 10.0 Å². The first-order chi connectivity index (χ1) is 9.99. The number of ether oxygens (including phenoxy) is 1. The van der Waals surface area contributed by atoms with Gasteiger partial charge in [-0.05, 0) is 24.3 Å². The Bertz CT molecular complexity index is 583. The predicted octanol–water partition coefficient (Wildman–Crippen LogP) is 0.841. The molecule has 1 heterocycles. The van der Waals surface area contributed by atoms with Crippen LogP contribution in [-0.4, -0.2) is 57.2 Å². The van der Waals surface area contributed by atoms with Gasteiger partial charge >= 0.3 is 0 Å². The number of morpholine rings is 1. The van der Waals surface area contributed by atoms with E-state index >= 15 is 0 Å². The lowest BCUT2D eigenvalue weighted by Gasteiger charge is -2.26. The van der Waals surface area contributed by atoms with Gasteiger partial charge in [0, 0.05) is 29.7 Å². The molecular formula is C13H17BrN2O4S. The third-order valence-corrected chi connectivity index (χ3v) is 5.52. The maximum atomic E-state index is 12.1. The molecule has 0 aromatic heterocycles. The lowest BCUT2D eigenvalue weighted by atomic mass is 10.2. The number of halogens is 1. The molecule has 2 rings (SSSR count). The fraction of sp³-hybridized carbons (Fsp3) is 0.462. The van der Waals surface area contributed by atoms with E-state index in [1.807, 2.05) is 0 Å². The lowest BCUT2D eigenvalue weighted by Crippen LogP contribution is -2.43. The highest BCUT2D eigenvalue weighted by Crippen LogP contribution is 2.10. The molecular weight excluding hydrogens is 360 g/mol. The fourth-order valence-corrected chi connectivity index (χ4v) is 3.54. The van der Waals surface area contributed by atoms with E-state index in [-0.39, 0.29) is 18.2 Å². The quantitative estimate of drug-likeness (QED) is 0.825. The van der Waals surface area contributed by atoms with Gasteiger partial charge < -0.3 is 10.1 Å². The van der Waals surface area contributed by atoms with Crippen molar-refractivity contribution in [2.75, 3.05) is 38.6 Å². The van der Waals surface area contributed by atoms with Gasteiger partial charge in [-0.15, -0.1) is 0 Å². The molecule has 1 fully saturated rings. The van der Waals surface area contributed by atoms with E-state index in [0.717, 1.165) is 4.47 Å². The third-order valence-electron chi connectivity index (χ3n) is 3.12. The minimum absolute atomic E-state index is 0.0919. The molecule has 1 aromatic rings. The van der Waals surface area contributed by atoms with Crippen molar-refractivity contribution >= 4 is 31.9 Å². The van der Waals surface area contributed by atoms with E-state index < -0.39 is 10.0 Å². The largest absolute Gasteiger partial charge is 0.379 e. The summed E-state index contributed by atoms with van der Waals surface area (Å²) in [6.45, 7) is 1.69. The Morgan fingerprint density at radius 3 is 2.48 bits per heavy atom. The van der Waals surface area contributed by atoms with Crippen molar-refractivity contribution in [2.24, 2.45) is 0 Å². The number of carbonyl (C=O) groups is 1. The number of carbonyl (C=O) groups excluding carboxylic acids is 1.